The Morgan fingerprint density at radius 2 is 1.94 bits per heavy atom. The average Bonchev–Trinajstić information content (AvgIpc) is 2.26. The zero-order valence-corrected chi connectivity index (χ0v) is 9.41. The summed E-state index contributed by atoms with van der Waals surface area (Å²) < 4.78 is 17.5. The number of halogens is 1. The summed E-state index contributed by atoms with van der Waals surface area (Å²) in [7, 11) is 1.05. The third-order valence-electron chi connectivity index (χ3n) is 2.29. The number of ether oxygens (including phenoxy) is 1. The highest BCUT2D eigenvalue weighted by Crippen LogP contribution is 2.14. The molecule has 0 radical (unpaired) electrons. The van der Waals surface area contributed by atoms with Gasteiger partial charge < -0.3 is 4.74 Å². The molecule has 0 N–H and O–H groups in total. The monoisotopic (exact) mass is 224 g/mol. The Bertz CT molecular complexity index is 426. The highest BCUT2D eigenvalue weighted by atomic mass is 19.1. The van der Waals surface area contributed by atoms with Crippen molar-refractivity contribution in [2.24, 2.45) is 0 Å². The van der Waals surface area contributed by atoms with Gasteiger partial charge >= 0.3 is 5.97 Å². The lowest BCUT2D eigenvalue weighted by molar-refractivity contribution is -0.144. The smallest absolute Gasteiger partial charge is 0.348 e. The topological polar surface area (TPSA) is 43.4 Å². The number of methoxy groups -OCH3 is 1. The first-order chi connectivity index (χ1) is 7.47. The molecule has 0 bridgehead atoms. The Morgan fingerprint density at radius 3 is 2.44 bits per heavy atom. The minimum atomic E-state index is -2.24. The molecule has 1 unspecified atom stereocenters. The number of esters is 1. The summed E-state index contributed by atoms with van der Waals surface area (Å²) in [4.78, 5) is 22.5. The van der Waals surface area contributed by atoms with Crippen molar-refractivity contribution in [3.63, 3.8) is 0 Å². The molecule has 0 fully saturated rings. The first-order valence-corrected chi connectivity index (χ1v) is 4.80. The van der Waals surface area contributed by atoms with Crippen LogP contribution in [0, 0.1) is 13.8 Å². The molecule has 0 spiro atoms. The van der Waals surface area contributed by atoms with Crippen molar-refractivity contribution in [3.05, 3.63) is 34.9 Å². The Morgan fingerprint density at radius 1 is 1.31 bits per heavy atom. The second kappa shape index (κ2) is 4.88. The number of alkyl halides is 1. The van der Waals surface area contributed by atoms with Crippen LogP contribution in [-0.2, 0) is 9.53 Å². The molecule has 1 rings (SSSR count). The summed E-state index contributed by atoms with van der Waals surface area (Å²) in [5, 5.41) is 0. The van der Waals surface area contributed by atoms with Crippen LogP contribution in [0.1, 0.15) is 21.5 Å². The molecule has 86 valence electrons. The number of Topliss-reactive ketones (excluding diaryl/α,β-unsaturated/α-hetero) is 1. The van der Waals surface area contributed by atoms with E-state index in [0.717, 1.165) is 12.7 Å². The SMILES string of the molecule is COC(=O)C(F)C(=O)c1ccc(C)cc1C. The van der Waals surface area contributed by atoms with Crippen molar-refractivity contribution in [1.29, 1.82) is 0 Å². The van der Waals surface area contributed by atoms with Crippen LogP contribution in [0.2, 0.25) is 0 Å². The van der Waals surface area contributed by atoms with E-state index in [-0.39, 0.29) is 5.56 Å². The van der Waals surface area contributed by atoms with Gasteiger partial charge in [-0.15, -0.1) is 0 Å². The molecule has 0 amide bonds. The zero-order valence-electron chi connectivity index (χ0n) is 9.41. The lowest BCUT2D eigenvalue weighted by Crippen LogP contribution is -2.27. The van der Waals surface area contributed by atoms with Gasteiger partial charge in [0.1, 0.15) is 0 Å². The van der Waals surface area contributed by atoms with Crippen LogP contribution in [0.5, 0.6) is 0 Å². The largest absolute Gasteiger partial charge is 0.467 e. The average molecular weight is 224 g/mol. The molecule has 0 heterocycles. The maximum atomic E-state index is 13.3. The summed E-state index contributed by atoms with van der Waals surface area (Å²) >= 11 is 0. The van der Waals surface area contributed by atoms with Gasteiger partial charge in [0.15, 0.2) is 0 Å². The number of carbonyl (C=O) groups is 2. The molecule has 0 aliphatic heterocycles. The van der Waals surface area contributed by atoms with Crippen LogP contribution in [-0.4, -0.2) is 25.0 Å². The van der Waals surface area contributed by atoms with Crippen molar-refractivity contribution in [3.8, 4) is 0 Å². The maximum absolute atomic E-state index is 13.3. The van der Waals surface area contributed by atoms with E-state index in [4.69, 9.17) is 0 Å². The van der Waals surface area contributed by atoms with E-state index in [2.05, 4.69) is 4.74 Å². The number of carbonyl (C=O) groups excluding carboxylic acids is 2. The molecular formula is C12H13FO3. The maximum Gasteiger partial charge on any atom is 0.348 e. The minimum absolute atomic E-state index is 0.212. The molecule has 0 aliphatic carbocycles. The predicted molar refractivity (Wildman–Crippen MR) is 57.2 cm³/mol. The molecule has 0 saturated carbocycles. The standard InChI is InChI=1S/C12H13FO3/c1-7-4-5-9(8(2)6-7)11(14)10(13)12(15)16-3/h4-6,10H,1-3H3. The fourth-order valence-corrected chi connectivity index (χ4v) is 1.44. The fraction of sp³-hybridized carbons (Fsp3) is 0.333. The Kier molecular flexibility index (Phi) is 3.77. The molecule has 3 nitrogen and oxygen atoms in total. The summed E-state index contributed by atoms with van der Waals surface area (Å²) in [5.74, 6) is -2.02. The number of hydrogen-bond donors (Lipinski definition) is 0. The normalized spacial score (nSPS) is 12.0. The number of hydrogen-bond acceptors (Lipinski definition) is 3. The molecular weight excluding hydrogens is 211 g/mol. The van der Waals surface area contributed by atoms with E-state index in [1.165, 1.54) is 6.07 Å². The zero-order chi connectivity index (χ0) is 12.3. The van der Waals surface area contributed by atoms with E-state index in [9.17, 15) is 14.0 Å². The molecule has 4 heteroatoms. The third kappa shape index (κ3) is 2.45. The first-order valence-electron chi connectivity index (χ1n) is 4.80. The molecule has 0 aliphatic rings. The number of aryl methyl sites for hydroxylation is 2. The van der Waals surface area contributed by atoms with Gasteiger partial charge in [-0.25, -0.2) is 9.18 Å². The van der Waals surface area contributed by atoms with Gasteiger partial charge in [0.25, 0.3) is 6.17 Å². The Hall–Kier alpha value is -1.71. The van der Waals surface area contributed by atoms with Crippen molar-refractivity contribution in [2.45, 2.75) is 20.0 Å². The highest BCUT2D eigenvalue weighted by molar-refractivity contribution is 6.11. The molecule has 16 heavy (non-hydrogen) atoms. The van der Waals surface area contributed by atoms with Gasteiger partial charge in [0, 0.05) is 5.56 Å². The van der Waals surface area contributed by atoms with Crippen LogP contribution >= 0.6 is 0 Å². The number of rotatable bonds is 3. The molecule has 0 aromatic heterocycles. The van der Waals surface area contributed by atoms with Crippen molar-refractivity contribution in [2.75, 3.05) is 7.11 Å². The summed E-state index contributed by atoms with van der Waals surface area (Å²) in [5.41, 5.74) is 1.84. The van der Waals surface area contributed by atoms with Gasteiger partial charge in [-0.05, 0) is 19.4 Å². The number of ketones is 1. The van der Waals surface area contributed by atoms with Crippen LogP contribution in [0.4, 0.5) is 4.39 Å². The number of benzene rings is 1. The minimum Gasteiger partial charge on any atom is -0.467 e. The van der Waals surface area contributed by atoms with Crippen LogP contribution in [0.25, 0.3) is 0 Å². The lowest BCUT2D eigenvalue weighted by Gasteiger charge is -2.08. The van der Waals surface area contributed by atoms with E-state index in [0.29, 0.717) is 5.56 Å². The first kappa shape index (κ1) is 12.4. The van der Waals surface area contributed by atoms with E-state index < -0.39 is 17.9 Å². The van der Waals surface area contributed by atoms with E-state index in [1.807, 2.05) is 6.92 Å². The van der Waals surface area contributed by atoms with Crippen LogP contribution < -0.4 is 0 Å². The Balaban J connectivity index is 3.01. The van der Waals surface area contributed by atoms with E-state index >= 15 is 0 Å². The quantitative estimate of drug-likeness (QED) is 0.448. The van der Waals surface area contributed by atoms with Crippen LogP contribution in [0.15, 0.2) is 18.2 Å². The fourth-order valence-electron chi connectivity index (χ4n) is 1.44. The predicted octanol–water partition coefficient (Wildman–Crippen LogP) is 2.00. The van der Waals surface area contributed by atoms with Gasteiger partial charge in [-0.1, -0.05) is 23.8 Å². The molecule has 1 aromatic rings. The molecule has 0 saturated heterocycles. The van der Waals surface area contributed by atoms with Crippen molar-refractivity contribution >= 4 is 11.8 Å². The molecule has 1 atom stereocenters. The van der Waals surface area contributed by atoms with Gasteiger partial charge in [0.2, 0.25) is 5.78 Å². The van der Waals surface area contributed by atoms with Crippen molar-refractivity contribution in [1.82, 2.24) is 0 Å². The van der Waals surface area contributed by atoms with Crippen LogP contribution in [0.3, 0.4) is 0 Å². The summed E-state index contributed by atoms with van der Waals surface area (Å²) in [6.45, 7) is 3.57. The second-order valence-corrected chi connectivity index (χ2v) is 3.57. The van der Waals surface area contributed by atoms with E-state index in [1.54, 1.807) is 19.1 Å². The second-order valence-electron chi connectivity index (χ2n) is 3.57. The molecule has 1 aromatic carbocycles. The van der Waals surface area contributed by atoms with Gasteiger partial charge in [-0.3, -0.25) is 4.79 Å². The Labute approximate surface area is 93.2 Å². The van der Waals surface area contributed by atoms with Crippen molar-refractivity contribution < 1.29 is 18.7 Å². The summed E-state index contributed by atoms with van der Waals surface area (Å²) in [6.07, 6.45) is -2.24. The lowest BCUT2D eigenvalue weighted by atomic mass is 10.00. The summed E-state index contributed by atoms with van der Waals surface area (Å²) in [6, 6.07) is 4.98. The highest BCUT2D eigenvalue weighted by Gasteiger charge is 2.28. The van der Waals surface area contributed by atoms with Gasteiger partial charge in [-0.2, -0.15) is 0 Å². The third-order valence-corrected chi connectivity index (χ3v) is 2.29. The van der Waals surface area contributed by atoms with Gasteiger partial charge in [0.05, 0.1) is 7.11 Å².